The van der Waals surface area contributed by atoms with Crippen molar-refractivity contribution in [1.29, 1.82) is 0 Å². The van der Waals surface area contributed by atoms with Crippen molar-refractivity contribution >= 4 is 33.2 Å². The number of hydrogen-bond donors (Lipinski definition) is 1. The van der Waals surface area contributed by atoms with E-state index in [-0.39, 0.29) is 5.91 Å². The largest absolute Gasteiger partial charge is 0.496 e. The molecule has 0 bridgehead atoms. The molecular weight excluding hydrogens is 364 g/mol. The lowest BCUT2D eigenvalue weighted by Crippen LogP contribution is -2.26. The summed E-state index contributed by atoms with van der Waals surface area (Å²) in [6, 6.07) is 11.5. The van der Waals surface area contributed by atoms with Gasteiger partial charge in [0.2, 0.25) is 10.0 Å². The van der Waals surface area contributed by atoms with Gasteiger partial charge < -0.3 is 9.64 Å². The quantitative estimate of drug-likeness (QED) is 0.833. The van der Waals surface area contributed by atoms with Crippen molar-refractivity contribution in [2.45, 2.75) is 6.54 Å². The maximum absolute atomic E-state index is 12.6. The second-order valence-electron chi connectivity index (χ2n) is 5.57. The minimum atomic E-state index is -3.41. The molecule has 0 saturated heterocycles. The summed E-state index contributed by atoms with van der Waals surface area (Å²) in [5.74, 6) is 0.385. The lowest BCUT2D eigenvalue weighted by molar-refractivity contribution is 0.0784. The molecule has 0 unspecified atom stereocenters. The zero-order chi connectivity index (χ0) is 18.6. The molecule has 0 radical (unpaired) electrons. The second-order valence-corrected chi connectivity index (χ2v) is 7.76. The van der Waals surface area contributed by atoms with Crippen molar-refractivity contribution in [3.05, 3.63) is 58.6 Å². The predicted molar refractivity (Wildman–Crippen MR) is 98.7 cm³/mol. The average molecular weight is 383 g/mol. The molecule has 1 amide bonds. The zero-order valence-corrected chi connectivity index (χ0v) is 15.7. The lowest BCUT2D eigenvalue weighted by Gasteiger charge is -2.19. The number of carbonyl (C=O) groups excluding carboxylic acids is 1. The maximum Gasteiger partial charge on any atom is 0.253 e. The number of hydrogen-bond acceptors (Lipinski definition) is 4. The van der Waals surface area contributed by atoms with Crippen LogP contribution in [0.2, 0.25) is 5.02 Å². The van der Waals surface area contributed by atoms with Crippen LogP contribution in [0.25, 0.3) is 0 Å². The Morgan fingerprint density at radius 1 is 1.24 bits per heavy atom. The molecule has 6 nitrogen and oxygen atoms in total. The average Bonchev–Trinajstić information content (AvgIpc) is 2.53. The molecule has 0 spiro atoms. The Bertz CT molecular complexity index is 884. The number of nitrogens with one attached hydrogen (secondary N) is 1. The monoisotopic (exact) mass is 382 g/mol. The molecule has 134 valence electrons. The summed E-state index contributed by atoms with van der Waals surface area (Å²) >= 11 is 6.01. The number of methoxy groups -OCH3 is 1. The van der Waals surface area contributed by atoms with Crippen LogP contribution in [0.3, 0.4) is 0 Å². The molecule has 0 aromatic heterocycles. The van der Waals surface area contributed by atoms with Crippen molar-refractivity contribution in [2.24, 2.45) is 0 Å². The van der Waals surface area contributed by atoms with Gasteiger partial charge in [-0.25, -0.2) is 8.42 Å². The Labute approximate surface area is 152 Å². The molecule has 0 aliphatic carbocycles. The molecule has 2 rings (SSSR count). The van der Waals surface area contributed by atoms with E-state index in [1.165, 1.54) is 11.0 Å². The van der Waals surface area contributed by atoms with Gasteiger partial charge >= 0.3 is 0 Å². The van der Waals surface area contributed by atoms with Gasteiger partial charge in [0.1, 0.15) is 5.75 Å². The first-order chi connectivity index (χ1) is 11.7. The summed E-state index contributed by atoms with van der Waals surface area (Å²) in [6.45, 7) is 0.298. The van der Waals surface area contributed by atoms with Crippen LogP contribution in [-0.4, -0.2) is 39.6 Å². The van der Waals surface area contributed by atoms with Crippen molar-refractivity contribution in [3.63, 3.8) is 0 Å². The maximum atomic E-state index is 12.6. The Hall–Kier alpha value is -2.25. The van der Waals surface area contributed by atoms with Gasteiger partial charge in [-0.1, -0.05) is 17.7 Å². The van der Waals surface area contributed by atoms with Crippen LogP contribution in [0, 0.1) is 0 Å². The van der Waals surface area contributed by atoms with E-state index in [9.17, 15) is 13.2 Å². The summed E-state index contributed by atoms with van der Waals surface area (Å²) < 4.78 is 30.3. The van der Waals surface area contributed by atoms with Crippen molar-refractivity contribution in [1.82, 2.24) is 4.90 Å². The molecule has 25 heavy (non-hydrogen) atoms. The Morgan fingerprint density at radius 2 is 1.96 bits per heavy atom. The normalized spacial score (nSPS) is 11.0. The minimum Gasteiger partial charge on any atom is -0.496 e. The van der Waals surface area contributed by atoms with E-state index >= 15 is 0 Å². The summed E-state index contributed by atoms with van der Waals surface area (Å²) in [6.07, 6.45) is 1.05. The highest BCUT2D eigenvalue weighted by atomic mass is 35.5. The van der Waals surface area contributed by atoms with E-state index in [1.807, 2.05) is 0 Å². The number of anilines is 1. The highest BCUT2D eigenvalue weighted by Crippen LogP contribution is 2.24. The number of amides is 1. The Morgan fingerprint density at radius 3 is 2.60 bits per heavy atom. The number of halogens is 1. The van der Waals surface area contributed by atoms with Crippen molar-refractivity contribution in [3.8, 4) is 5.75 Å². The van der Waals surface area contributed by atoms with Crippen molar-refractivity contribution < 1.29 is 17.9 Å². The first-order valence-electron chi connectivity index (χ1n) is 7.35. The van der Waals surface area contributed by atoms with Gasteiger partial charge in [-0.05, 0) is 36.4 Å². The van der Waals surface area contributed by atoms with E-state index < -0.39 is 10.0 Å². The molecule has 2 aromatic rings. The first kappa shape index (κ1) is 19.1. The molecule has 0 aliphatic heterocycles. The fourth-order valence-electron chi connectivity index (χ4n) is 2.35. The summed E-state index contributed by atoms with van der Waals surface area (Å²) in [5, 5.41) is 0.552. The van der Waals surface area contributed by atoms with E-state index in [0.29, 0.717) is 28.6 Å². The van der Waals surface area contributed by atoms with E-state index in [1.54, 1.807) is 50.6 Å². The number of carbonyl (C=O) groups is 1. The van der Waals surface area contributed by atoms with Gasteiger partial charge in [0.05, 0.1) is 13.4 Å². The molecule has 2 aromatic carbocycles. The molecule has 0 heterocycles. The molecule has 0 atom stereocenters. The third-order valence-electron chi connectivity index (χ3n) is 3.41. The molecule has 8 heteroatoms. The van der Waals surface area contributed by atoms with Crippen LogP contribution >= 0.6 is 11.6 Å². The lowest BCUT2D eigenvalue weighted by atomic mass is 10.1. The van der Waals surface area contributed by atoms with Crippen LogP contribution in [0.5, 0.6) is 5.75 Å². The van der Waals surface area contributed by atoms with Crippen LogP contribution in [0.4, 0.5) is 5.69 Å². The summed E-state index contributed by atoms with van der Waals surface area (Å²) in [4.78, 5) is 14.1. The molecule has 1 N–H and O–H groups in total. The van der Waals surface area contributed by atoms with Gasteiger partial charge in [0, 0.05) is 35.4 Å². The summed E-state index contributed by atoms with van der Waals surface area (Å²) in [7, 11) is -0.206. The smallest absolute Gasteiger partial charge is 0.253 e. The van der Waals surface area contributed by atoms with Crippen LogP contribution < -0.4 is 9.46 Å². The third-order valence-corrected chi connectivity index (χ3v) is 4.25. The van der Waals surface area contributed by atoms with Crippen LogP contribution in [-0.2, 0) is 16.6 Å². The van der Waals surface area contributed by atoms with E-state index in [4.69, 9.17) is 16.3 Å². The number of rotatable bonds is 6. The fraction of sp³-hybridized carbons (Fsp3) is 0.235. The van der Waals surface area contributed by atoms with Gasteiger partial charge in [-0.15, -0.1) is 0 Å². The highest BCUT2D eigenvalue weighted by Gasteiger charge is 2.15. The molecular formula is C17H19ClN2O4S. The Kier molecular flexibility index (Phi) is 5.92. The predicted octanol–water partition coefficient (Wildman–Crippen LogP) is 2.99. The number of nitrogens with zero attached hydrogens (tertiary/aromatic N) is 1. The van der Waals surface area contributed by atoms with Gasteiger partial charge in [0.25, 0.3) is 5.91 Å². The van der Waals surface area contributed by atoms with Gasteiger partial charge in [-0.2, -0.15) is 0 Å². The molecule has 0 saturated carbocycles. The van der Waals surface area contributed by atoms with Gasteiger partial charge in [-0.3, -0.25) is 9.52 Å². The van der Waals surface area contributed by atoms with Gasteiger partial charge in [0.15, 0.2) is 0 Å². The van der Waals surface area contributed by atoms with E-state index in [2.05, 4.69) is 4.72 Å². The molecule has 0 aliphatic rings. The second kappa shape index (κ2) is 7.76. The summed E-state index contributed by atoms with van der Waals surface area (Å²) in [5.41, 5.74) is 1.48. The first-order valence-corrected chi connectivity index (χ1v) is 9.62. The standard InChI is InChI=1S/C17H19ClN2O4S/c1-20(11-13-9-14(18)7-8-16(13)24-2)17(21)12-5-4-6-15(10-12)19-25(3,22)23/h4-10,19H,11H2,1-3H3. The number of benzene rings is 2. The zero-order valence-electron chi connectivity index (χ0n) is 14.1. The van der Waals surface area contributed by atoms with Crippen LogP contribution in [0.15, 0.2) is 42.5 Å². The number of ether oxygens (including phenoxy) is 1. The third kappa shape index (κ3) is 5.37. The minimum absolute atomic E-state index is 0.251. The van der Waals surface area contributed by atoms with Crippen molar-refractivity contribution in [2.75, 3.05) is 25.1 Å². The van der Waals surface area contributed by atoms with E-state index in [0.717, 1.165) is 11.8 Å². The number of sulfonamides is 1. The molecule has 0 fully saturated rings. The SMILES string of the molecule is COc1ccc(Cl)cc1CN(C)C(=O)c1cccc(NS(C)(=O)=O)c1. The fourth-order valence-corrected chi connectivity index (χ4v) is 3.10. The Balaban J connectivity index is 2.20. The highest BCUT2D eigenvalue weighted by molar-refractivity contribution is 7.92. The topological polar surface area (TPSA) is 75.7 Å². The van der Waals surface area contributed by atoms with Crippen LogP contribution in [0.1, 0.15) is 15.9 Å².